The first-order valence-electron chi connectivity index (χ1n) is 8.38. The summed E-state index contributed by atoms with van der Waals surface area (Å²) >= 11 is 1.54. The van der Waals surface area contributed by atoms with Crippen LogP contribution in [0.15, 0.2) is 52.4 Å². The Morgan fingerprint density at radius 2 is 2.15 bits per heavy atom. The van der Waals surface area contributed by atoms with E-state index in [9.17, 15) is 9.59 Å². The van der Waals surface area contributed by atoms with Gasteiger partial charge in [-0.05, 0) is 23.6 Å². The third-order valence-corrected chi connectivity index (χ3v) is 4.94. The molecule has 0 bridgehead atoms. The Morgan fingerprint density at radius 1 is 1.26 bits per heavy atom. The standard InChI is InChI=1S/C19H16N2O5S/c22-18-12-24-15-5-2-1-4-14(15)21(18)8-7-19(23)25-11-13-10-16(26-20-13)17-6-3-9-27-17/h1-6,9-10H,7-8,11-12H2. The molecule has 0 unspecified atom stereocenters. The Kier molecular flexibility index (Phi) is 4.88. The normalized spacial score (nSPS) is 13.2. The zero-order valence-corrected chi connectivity index (χ0v) is 15.1. The minimum absolute atomic E-state index is 0.0291. The van der Waals surface area contributed by atoms with Crippen molar-refractivity contribution in [3.8, 4) is 16.4 Å². The van der Waals surface area contributed by atoms with Crippen molar-refractivity contribution in [3.63, 3.8) is 0 Å². The number of anilines is 1. The molecule has 1 aliphatic rings. The number of hydrogen-bond donors (Lipinski definition) is 0. The van der Waals surface area contributed by atoms with Crippen LogP contribution in [0.3, 0.4) is 0 Å². The second-order valence-corrected chi connectivity index (χ2v) is 6.82. The lowest BCUT2D eigenvalue weighted by Gasteiger charge is -2.28. The van der Waals surface area contributed by atoms with Crippen LogP contribution in [0, 0.1) is 0 Å². The molecule has 1 amide bonds. The number of fused-ring (bicyclic) bond motifs is 1. The zero-order valence-electron chi connectivity index (χ0n) is 14.3. The highest BCUT2D eigenvalue weighted by atomic mass is 32.1. The third kappa shape index (κ3) is 3.85. The maximum atomic E-state index is 12.1. The Bertz CT molecular complexity index is 951. The summed E-state index contributed by atoms with van der Waals surface area (Å²) in [6.07, 6.45) is 0.0791. The first-order valence-corrected chi connectivity index (χ1v) is 9.26. The summed E-state index contributed by atoms with van der Waals surface area (Å²) in [5, 5.41) is 5.86. The van der Waals surface area contributed by atoms with Crippen LogP contribution < -0.4 is 9.64 Å². The van der Waals surface area contributed by atoms with Crippen molar-refractivity contribution < 1.29 is 23.6 Å². The van der Waals surface area contributed by atoms with Crippen molar-refractivity contribution in [1.82, 2.24) is 5.16 Å². The predicted molar refractivity (Wildman–Crippen MR) is 98.5 cm³/mol. The fraction of sp³-hybridized carbons (Fsp3) is 0.211. The van der Waals surface area contributed by atoms with Gasteiger partial charge < -0.3 is 18.9 Å². The Balaban J connectivity index is 1.31. The number of carbonyl (C=O) groups is 2. The number of esters is 1. The lowest BCUT2D eigenvalue weighted by atomic mass is 10.2. The van der Waals surface area contributed by atoms with Crippen LogP contribution in [0.1, 0.15) is 12.1 Å². The van der Waals surface area contributed by atoms with Crippen molar-refractivity contribution in [3.05, 3.63) is 53.5 Å². The average molecular weight is 384 g/mol. The predicted octanol–water partition coefficient (Wildman–Crippen LogP) is 3.26. The van der Waals surface area contributed by atoms with E-state index in [4.69, 9.17) is 14.0 Å². The van der Waals surface area contributed by atoms with Crippen molar-refractivity contribution in [2.24, 2.45) is 0 Å². The second-order valence-electron chi connectivity index (χ2n) is 5.87. The first kappa shape index (κ1) is 17.3. The number of rotatable bonds is 6. The van der Waals surface area contributed by atoms with Gasteiger partial charge in [0.15, 0.2) is 12.4 Å². The molecule has 2 aromatic heterocycles. The highest BCUT2D eigenvalue weighted by Gasteiger charge is 2.25. The van der Waals surface area contributed by atoms with E-state index in [-0.39, 0.29) is 32.1 Å². The third-order valence-electron chi connectivity index (χ3n) is 4.05. The van der Waals surface area contributed by atoms with Gasteiger partial charge in [0.2, 0.25) is 0 Å². The van der Waals surface area contributed by atoms with E-state index in [1.165, 1.54) is 0 Å². The fourth-order valence-corrected chi connectivity index (χ4v) is 3.42. The molecule has 27 heavy (non-hydrogen) atoms. The molecule has 0 saturated carbocycles. The number of aromatic nitrogens is 1. The molecule has 0 radical (unpaired) electrons. The van der Waals surface area contributed by atoms with Gasteiger partial charge in [-0.15, -0.1) is 11.3 Å². The van der Waals surface area contributed by atoms with Crippen LogP contribution in [0.25, 0.3) is 10.6 Å². The summed E-state index contributed by atoms with van der Waals surface area (Å²) in [7, 11) is 0. The number of ether oxygens (including phenoxy) is 2. The van der Waals surface area contributed by atoms with E-state index in [0.29, 0.717) is 22.9 Å². The van der Waals surface area contributed by atoms with Gasteiger partial charge in [0.1, 0.15) is 18.1 Å². The second kappa shape index (κ2) is 7.63. The Labute approximate surface area is 159 Å². The van der Waals surface area contributed by atoms with Crippen LogP contribution >= 0.6 is 11.3 Å². The maximum absolute atomic E-state index is 12.1. The minimum Gasteiger partial charge on any atom is -0.482 e. The van der Waals surface area contributed by atoms with Crippen LogP contribution in [-0.2, 0) is 20.9 Å². The number of thiophene rings is 1. The average Bonchev–Trinajstić information content (AvgIpc) is 3.37. The number of benzene rings is 1. The van der Waals surface area contributed by atoms with Crippen LogP contribution in [0.2, 0.25) is 0 Å². The number of amides is 1. The van der Waals surface area contributed by atoms with Crippen molar-refractivity contribution in [2.45, 2.75) is 13.0 Å². The fourth-order valence-electron chi connectivity index (χ4n) is 2.74. The number of carbonyl (C=O) groups excluding carboxylic acids is 2. The summed E-state index contributed by atoms with van der Waals surface area (Å²) < 4.78 is 15.9. The van der Waals surface area contributed by atoms with Gasteiger partial charge in [0.25, 0.3) is 5.91 Å². The Hall–Kier alpha value is -3.13. The van der Waals surface area contributed by atoms with Gasteiger partial charge in [-0.3, -0.25) is 9.59 Å². The van der Waals surface area contributed by atoms with Gasteiger partial charge in [-0.2, -0.15) is 0 Å². The van der Waals surface area contributed by atoms with E-state index in [2.05, 4.69) is 5.16 Å². The van der Waals surface area contributed by atoms with Gasteiger partial charge in [0.05, 0.1) is 17.0 Å². The lowest BCUT2D eigenvalue weighted by Crippen LogP contribution is -2.40. The van der Waals surface area contributed by atoms with Gasteiger partial charge >= 0.3 is 5.97 Å². The molecule has 0 atom stereocenters. The highest BCUT2D eigenvalue weighted by molar-refractivity contribution is 7.13. The molecule has 0 aliphatic carbocycles. The van der Waals surface area contributed by atoms with Crippen LogP contribution in [-0.4, -0.2) is 30.2 Å². The summed E-state index contributed by atoms with van der Waals surface area (Å²) in [5.41, 5.74) is 1.21. The molecule has 8 heteroatoms. The molecular weight excluding hydrogens is 368 g/mol. The van der Waals surface area contributed by atoms with Gasteiger partial charge in [-0.1, -0.05) is 23.4 Å². The molecule has 7 nitrogen and oxygen atoms in total. The molecule has 0 saturated heterocycles. The van der Waals surface area contributed by atoms with Crippen LogP contribution in [0.5, 0.6) is 5.75 Å². The molecule has 3 heterocycles. The number of hydrogen-bond acceptors (Lipinski definition) is 7. The smallest absolute Gasteiger partial charge is 0.307 e. The molecule has 1 aliphatic heterocycles. The topological polar surface area (TPSA) is 81.9 Å². The number of para-hydroxylation sites is 2. The first-order chi connectivity index (χ1) is 13.2. The van der Waals surface area contributed by atoms with E-state index < -0.39 is 5.97 Å². The molecule has 4 rings (SSSR count). The molecule has 3 aromatic rings. The zero-order chi connectivity index (χ0) is 18.6. The van der Waals surface area contributed by atoms with E-state index >= 15 is 0 Å². The lowest BCUT2D eigenvalue weighted by molar-refractivity contribution is -0.144. The monoisotopic (exact) mass is 384 g/mol. The van der Waals surface area contributed by atoms with Gasteiger partial charge in [0, 0.05) is 12.6 Å². The quantitative estimate of drug-likeness (QED) is 0.607. The van der Waals surface area contributed by atoms with Crippen molar-refractivity contribution >= 4 is 28.9 Å². The van der Waals surface area contributed by atoms with E-state index in [1.807, 2.05) is 29.6 Å². The maximum Gasteiger partial charge on any atom is 0.307 e. The van der Waals surface area contributed by atoms with E-state index in [0.717, 1.165) is 4.88 Å². The molecular formula is C19H16N2O5S. The Morgan fingerprint density at radius 3 is 3.00 bits per heavy atom. The SMILES string of the molecule is O=C(CCN1C(=O)COc2ccccc21)OCc1cc(-c2cccs2)on1. The summed E-state index contributed by atoms with van der Waals surface area (Å²) in [5.74, 6) is 0.687. The van der Waals surface area contributed by atoms with Gasteiger partial charge in [-0.25, -0.2) is 0 Å². The summed E-state index contributed by atoms with van der Waals surface area (Å²) in [4.78, 5) is 26.7. The molecule has 0 spiro atoms. The highest BCUT2D eigenvalue weighted by Crippen LogP contribution is 2.31. The minimum atomic E-state index is -0.410. The van der Waals surface area contributed by atoms with E-state index in [1.54, 1.807) is 34.4 Å². The largest absolute Gasteiger partial charge is 0.482 e. The summed E-state index contributed by atoms with van der Waals surface area (Å²) in [6, 6.07) is 12.8. The van der Waals surface area contributed by atoms with Crippen LogP contribution in [0.4, 0.5) is 5.69 Å². The van der Waals surface area contributed by atoms with Crippen molar-refractivity contribution in [1.29, 1.82) is 0 Å². The summed E-state index contributed by atoms with van der Waals surface area (Å²) in [6.45, 7) is 0.231. The number of nitrogens with zero attached hydrogens (tertiary/aromatic N) is 2. The van der Waals surface area contributed by atoms with Crippen molar-refractivity contribution in [2.75, 3.05) is 18.1 Å². The molecule has 0 N–H and O–H groups in total. The molecule has 138 valence electrons. The molecule has 0 fully saturated rings. The molecule has 1 aromatic carbocycles.